The fourth-order valence-corrected chi connectivity index (χ4v) is 5.55. The molecule has 0 bridgehead atoms. The number of nitrogens with zero attached hydrogens (tertiary/aromatic N) is 1. The van der Waals surface area contributed by atoms with Crippen LogP contribution in [0.3, 0.4) is 0 Å². The average molecular weight is 420 g/mol. The van der Waals surface area contributed by atoms with Crippen LogP contribution in [0.2, 0.25) is 0 Å². The van der Waals surface area contributed by atoms with Crippen LogP contribution in [-0.4, -0.2) is 6.85 Å². The summed E-state index contributed by atoms with van der Waals surface area (Å²) in [5, 5.41) is 3.69. The second-order valence-corrected chi connectivity index (χ2v) is 8.63. The van der Waals surface area contributed by atoms with Crippen molar-refractivity contribution in [2.75, 3.05) is 10.1 Å². The third-order valence-electron chi connectivity index (χ3n) is 6.84. The third-order valence-corrected chi connectivity index (χ3v) is 6.84. The van der Waals surface area contributed by atoms with E-state index in [1.807, 2.05) is 36.4 Å². The molecule has 0 saturated heterocycles. The van der Waals surface area contributed by atoms with Gasteiger partial charge in [-0.1, -0.05) is 109 Å². The summed E-state index contributed by atoms with van der Waals surface area (Å²) in [5.41, 5.74) is 13.1. The first-order valence-electron chi connectivity index (χ1n) is 11.4. The van der Waals surface area contributed by atoms with Gasteiger partial charge in [0, 0.05) is 11.1 Å². The number of anilines is 4. The van der Waals surface area contributed by atoms with Gasteiger partial charge in [0.15, 0.2) is 0 Å². The normalized spacial score (nSPS) is 13.0. The molecule has 33 heavy (non-hydrogen) atoms. The molecular weight excluding hydrogens is 399 g/mol. The van der Waals surface area contributed by atoms with E-state index in [0.29, 0.717) is 0 Å². The highest BCUT2D eigenvalue weighted by atomic mass is 15.2. The summed E-state index contributed by atoms with van der Waals surface area (Å²) in [6.45, 7) is 0.210. The Kier molecular flexibility index (Phi) is 3.97. The molecule has 0 amide bonds. The maximum Gasteiger partial charge on any atom is 0.329 e. The quantitative estimate of drug-likeness (QED) is 0.294. The zero-order valence-electron chi connectivity index (χ0n) is 18.1. The first-order valence-corrected chi connectivity index (χ1v) is 11.4. The second kappa shape index (κ2) is 7.14. The van der Waals surface area contributed by atoms with Crippen molar-refractivity contribution in [3.05, 3.63) is 121 Å². The molecule has 1 N–H and O–H groups in total. The Bertz CT molecular complexity index is 1390. The molecule has 0 unspecified atom stereocenters. The zero-order chi connectivity index (χ0) is 21.8. The Balaban J connectivity index is 0.000000279. The Morgan fingerprint density at radius 1 is 0.424 bits per heavy atom. The Morgan fingerprint density at radius 2 is 0.848 bits per heavy atom. The molecule has 0 spiro atoms. The fraction of sp³-hybridized carbons (Fsp3) is 0. The molecule has 0 fully saturated rings. The van der Waals surface area contributed by atoms with E-state index in [4.69, 9.17) is 0 Å². The van der Waals surface area contributed by atoms with Crippen LogP contribution in [0, 0.1) is 0 Å². The summed E-state index contributed by atoms with van der Waals surface area (Å²) in [6, 6.07) is 43.0. The van der Waals surface area contributed by atoms with Crippen molar-refractivity contribution in [3.8, 4) is 22.3 Å². The van der Waals surface area contributed by atoms with Crippen LogP contribution in [0.25, 0.3) is 22.3 Å². The number of nitrogens with one attached hydrogen (secondary N) is 1. The molecule has 0 aliphatic carbocycles. The minimum absolute atomic E-state index is 0.210. The van der Waals surface area contributed by atoms with Crippen LogP contribution in [-0.2, 0) is 0 Å². The number of benzene rings is 5. The molecule has 0 aromatic heterocycles. The minimum atomic E-state index is 0.210. The molecule has 0 radical (unpaired) electrons. The molecule has 8 rings (SSSR count). The van der Waals surface area contributed by atoms with Gasteiger partial charge in [0.25, 0.3) is 0 Å². The summed E-state index contributed by atoms with van der Waals surface area (Å²) in [6.07, 6.45) is 0. The molecular formula is C30H21BN2. The summed E-state index contributed by atoms with van der Waals surface area (Å²) >= 11 is 0. The Hall–Kier alpha value is -4.24. The standard InChI is InChI=1S/C24H15BN2.C6H6/c1-3-11-19-15(7-1)17-9-5-13-21-23(17)27-24-18(10-6-14-22(24)26-21)16-8-2-4-12-20(16)25(19)27;1-2-4-6-5-3-1/h1-14,26H;1-6H. The van der Waals surface area contributed by atoms with Crippen molar-refractivity contribution in [1.82, 2.24) is 0 Å². The van der Waals surface area contributed by atoms with E-state index in [1.165, 1.54) is 55.9 Å². The van der Waals surface area contributed by atoms with E-state index in [0.717, 1.165) is 0 Å². The van der Waals surface area contributed by atoms with Crippen LogP contribution in [0.4, 0.5) is 22.7 Å². The lowest BCUT2D eigenvalue weighted by Crippen LogP contribution is -2.60. The van der Waals surface area contributed by atoms with Crippen LogP contribution in [0.1, 0.15) is 0 Å². The van der Waals surface area contributed by atoms with Crippen molar-refractivity contribution in [3.63, 3.8) is 0 Å². The fourth-order valence-electron chi connectivity index (χ4n) is 5.55. The van der Waals surface area contributed by atoms with Gasteiger partial charge in [-0.2, -0.15) is 0 Å². The van der Waals surface area contributed by atoms with Crippen molar-refractivity contribution in [1.29, 1.82) is 0 Å². The second-order valence-electron chi connectivity index (χ2n) is 8.63. The molecule has 0 saturated carbocycles. The van der Waals surface area contributed by atoms with E-state index < -0.39 is 0 Å². The first kappa shape index (κ1) is 18.3. The lowest BCUT2D eigenvalue weighted by molar-refractivity contribution is 1.31. The van der Waals surface area contributed by atoms with Gasteiger partial charge in [0.1, 0.15) is 0 Å². The average Bonchev–Trinajstić information content (AvgIpc) is 2.90. The summed E-state index contributed by atoms with van der Waals surface area (Å²) in [7, 11) is 0. The van der Waals surface area contributed by atoms with Crippen molar-refractivity contribution >= 4 is 40.5 Å². The van der Waals surface area contributed by atoms with E-state index in [9.17, 15) is 0 Å². The van der Waals surface area contributed by atoms with Gasteiger partial charge in [-0.15, -0.1) is 0 Å². The highest BCUT2D eigenvalue weighted by molar-refractivity contribution is 6.92. The number of hydrogen-bond donors (Lipinski definition) is 1. The molecule has 3 heteroatoms. The van der Waals surface area contributed by atoms with Gasteiger partial charge in [-0.05, 0) is 34.2 Å². The molecule has 2 nitrogen and oxygen atoms in total. The lowest BCUT2D eigenvalue weighted by Gasteiger charge is -2.47. The van der Waals surface area contributed by atoms with Gasteiger partial charge in [-0.3, -0.25) is 0 Å². The number of para-hydroxylation sites is 2. The molecule has 3 aliphatic rings. The Morgan fingerprint density at radius 3 is 1.33 bits per heavy atom. The molecule has 5 aromatic rings. The number of rotatable bonds is 0. The van der Waals surface area contributed by atoms with Gasteiger partial charge in [-0.25, -0.2) is 0 Å². The smallest absolute Gasteiger partial charge is 0.329 e. The van der Waals surface area contributed by atoms with E-state index in [-0.39, 0.29) is 6.85 Å². The molecule has 5 aromatic carbocycles. The monoisotopic (exact) mass is 420 g/mol. The van der Waals surface area contributed by atoms with Crippen molar-refractivity contribution in [2.24, 2.45) is 0 Å². The molecule has 3 aliphatic heterocycles. The highest BCUT2D eigenvalue weighted by Gasteiger charge is 2.45. The summed E-state index contributed by atoms with van der Waals surface area (Å²) in [4.78, 5) is 2.57. The van der Waals surface area contributed by atoms with Crippen LogP contribution in [0.5, 0.6) is 0 Å². The number of hydrogen-bond acceptors (Lipinski definition) is 2. The summed E-state index contributed by atoms with van der Waals surface area (Å²) in [5.74, 6) is 0. The van der Waals surface area contributed by atoms with Gasteiger partial charge in [0.2, 0.25) is 0 Å². The summed E-state index contributed by atoms with van der Waals surface area (Å²) < 4.78 is 0. The van der Waals surface area contributed by atoms with Gasteiger partial charge >= 0.3 is 6.85 Å². The zero-order valence-corrected chi connectivity index (χ0v) is 18.1. The van der Waals surface area contributed by atoms with E-state index in [2.05, 4.69) is 95.1 Å². The predicted octanol–water partition coefficient (Wildman–Crippen LogP) is 6.34. The van der Waals surface area contributed by atoms with E-state index in [1.54, 1.807) is 0 Å². The van der Waals surface area contributed by atoms with Crippen LogP contribution in [0.15, 0.2) is 121 Å². The predicted molar refractivity (Wildman–Crippen MR) is 141 cm³/mol. The van der Waals surface area contributed by atoms with Gasteiger partial charge < -0.3 is 10.1 Å². The topological polar surface area (TPSA) is 15.3 Å². The van der Waals surface area contributed by atoms with Crippen molar-refractivity contribution in [2.45, 2.75) is 0 Å². The maximum atomic E-state index is 3.69. The Labute approximate surface area is 194 Å². The lowest BCUT2D eigenvalue weighted by atomic mass is 9.43. The molecule has 0 atom stereocenters. The number of fused-ring (bicyclic) bond motifs is 6. The third kappa shape index (κ3) is 2.63. The minimum Gasteiger partial charge on any atom is -0.373 e. The van der Waals surface area contributed by atoms with E-state index >= 15 is 0 Å². The molecule has 3 heterocycles. The highest BCUT2D eigenvalue weighted by Crippen LogP contribution is 2.54. The largest absolute Gasteiger partial charge is 0.373 e. The van der Waals surface area contributed by atoms with Gasteiger partial charge in [0.05, 0.1) is 22.7 Å². The van der Waals surface area contributed by atoms with Crippen LogP contribution >= 0.6 is 0 Å². The molecule has 154 valence electrons. The maximum absolute atomic E-state index is 3.69. The first-order chi connectivity index (χ1) is 16.4. The van der Waals surface area contributed by atoms with Crippen molar-refractivity contribution < 1.29 is 0 Å². The SMILES string of the molecule is c1ccc2c(c1)B1c3ccccc3-c3cccc4c3N1c1c(cccc1-2)N4.c1ccccc1. The van der Waals surface area contributed by atoms with Crippen LogP contribution < -0.4 is 21.1 Å².